The van der Waals surface area contributed by atoms with Crippen molar-refractivity contribution in [1.82, 2.24) is 10.2 Å². The molecular weight excluding hydrogens is 256 g/mol. The molecule has 2 atom stereocenters. The largest absolute Gasteiger partial charge is 0.463 e. The predicted molar refractivity (Wildman–Crippen MR) is 78.3 cm³/mol. The highest BCUT2D eigenvalue weighted by atomic mass is 16.4. The van der Waals surface area contributed by atoms with Crippen molar-refractivity contribution in [2.75, 3.05) is 20.6 Å². The van der Waals surface area contributed by atoms with Gasteiger partial charge in [0.2, 0.25) is 5.91 Å². The van der Waals surface area contributed by atoms with E-state index in [1.165, 1.54) is 0 Å². The van der Waals surface area contributed by atoms with Crippen LogP contribution in [0.3, 0.4) is 0 Å². The van der Waals surface area contributed by atoms with Crippen molar-refractivity contribution in [2.45, 2.75) is 39.3 Å². The van der Waals surface area contributed by atoms with Crippen LogP contribution in [0.15, 0.2) is 16.5 Å². The Morgan fingerprint density at radius 2 is 2.05 bits per heavy atom. The zero-order chi connectivity index (χ0) is 15.5. The Kier molecular flexibility index (Phi) is 5.36. The van der Waals surface area contributed by atoms with Crippen molar-refractivity contribution in [3.8, 4) is 0 Å². The first kappa shape index (κ1) is 16.7. The second-order valence-corrected chi connectivity index (χ2v) is 6.05. The highest BCUT2D eigenvalue weighted by Crippen LogP contribution is 2.22. The lowest BCUT2D eigenvalue weighted by atomic mass is 10.0. The van der Waals surface area contributed by atoms with Crippen LogP contribution in [0.4, 0.5) is 0 Å². The summed E-state index contributed by atoms with van der Waals surface area (Å²) >= 11 is 0. The van der Waals surface area contributed by atoms with Gasteiger partial charge in [0, 0.05) is 0 Å². The van der Waals surface area contributed by atoms with Crippen LogP contribution in [-0.2, 0) is 10.4 Å². The standard InChI is InChI=1S/C15H26N2O3/c1-10(2)13(17(5)6)14(18)16-9-15(4,19)12-8-7-11(3)20-12/h7-8,10,13,19H,9H2,1-6H3,(H,16,18). The van der Waals surface area contributed by atoms with Crippen LogP contribution in [0.2, 0.25) is 0 Å². The number of aryl methyl sites for hydroxylation is 1. The number of nitrogens with zero attached hydrogens (tertiary/aromatic N) is 1. The second-order valence-electron chi connectivity index (χ2n) is 6.05. The van der Waals surface area contributed by atoms with E-state index in [1.807, 2.05) is 39.8 Å². The summed E-state index contributed by atoms with van der Waals surface area (Å²) in [5.74, 6) is 1.30. The van der Waals surface area contributed by atoms with Crippen molar-refractivity contribution in [3.05, 3.63) is 23.7 Å². The maximum atomic E-state index is 12.2. The van der Waals surface area contributed by atoms with E-state index in [9.17, 15) is 9.90 Å². The highest BCUT2D eigenvalue weighted by molar-refractivity contribution is 5.82. The lowest BCUT2D eigenvalue weighted by molar-refractivity contribution is -0.128. The Morgan fingerprint density at radius 3 is 2.45 bits per heavy atom. The molecule has 0 aromatic carbocycles. The van der Waals surface area contributed by atoms with E-state index in [-0.39, 0.29) is 24.4 Å². The molecule has 0 saturated heterocycles. The van der Waals surface area contributed by atoms with Gasteiger partial charge in [0.15, 0.2) is 0 Å². The van der Waals surface area contributed by atoms with Gasteiger partial charge >= 0.3 is 0 Å². The lowest BCUT2D eigenvalue weighted by Gasteiger charge is -2.28. The van der Waals surface area contributed by atoms with Gasteiger partial charge in [-0.15, -0.1) is 0 Å². The molecule has 1 aromatic rings. The summed E-state index contributed by atoms with van der Waals surface area (Å²) in [5, 5.41) is 13.2. The minimum Gasteiger partial charge on any atom is -0.463 e. The van der Waals surface area contributed by atoms with Gasteiger partial charge in [0.05, 0.1) is 12.6 Å². The van der Waals surface area contributed by atoms with Gasteiger partial charge in [-0.1, -0.05) is 13.8 Å². The molecule has 1 aromatic heterocycles. The number of rotatable bonds is 6. The summed E-state index contributed by atoms with van der Waals surface area (Å²) in [7, 11) is 3.75. The van der Waals surface area contributed by atoms with Crippen molar-refractivity contribution in [2.24, 2.45) is 5.92 Å². The minimum absolute atomic E-state index is 0.0893. The molecule has 0 bridgehead atoms. The molecule has 20 heavy (non-hydrogen) atoms. The van der Waals surface area contributed by atoms with Gasteiger partial charge in [-0.25, -0.2) is 0 Å². The first-order chi connectivity index (χ1) is 9.15. The van der Waals surface area contributed by atoms with Gasteiger partial charge in [0.1, 0.15) is 17.1 Å². The zero-order valence-electron chi connectivity index (χ0n) is 13.2. The molecule has 5 heteroatoms. The van der Waals surface area contributed by atoms with Crippen molar-refractivity contribution >= 4 is 5.91 Å². The van der Waals surface area contributed by atoms with Crippen molar-refractivity contribution < 1.29 is 14.3 Å². The summed E-state index contributed by atoms with van der Waals surface area (Å²) in [6.07, 6.45) is 0. The smallest absolute Gasteiger partial charge is 0.237 e. The maximum absolute atomic E-state index is 12.2. The minimum atomic E-state index is -1.21. The van der Waals surface area contributed by atoms with E-state index < -0.39 is 5.60 Å². The summed E-state index contributed by atoms with van der Waals surface area (Å²) < 4.78 is 5.42. The van der Waals surface area contributed by atoms with E-state index in [1.54, 1.807) is 19.1 Å². The number of carbonyl (C=O) groups is 1. The third-order valence-electron chi connectivity index (χ3n) is 3.33. The average Bonchev–Trinajstić information content (AvgIpc) is 2.73. The number of likely N-dealkylation sites (N-methyl/N-ethyl adjacent to an activating group) is 1. The molecule has 1 heterocycles. The van der Waals surface area contributed by atoms with E-state index in [0.29, 0.717) is 5.76 Å². The fourth-order valence-electron chi connectivity index (χ4n) is 2.31. The Morgan fingerprint density at radius 1 is 1.45 bits per heavy atom. The molecule has 114 valence electrons. The van der Waals surface area contributed by atoms with Gasteiger partial charge in [-0.3, -0.25) is 9.69 Å². The highest BCUT2D eigenvalue weighted by Gasteiger charge is 2.30. The van der Waals surface area contributed by atoms with Crippen LogP contribution < -0.4 is 5.32 Å². The molecule has 0 radical (unpaired) electrons. The summed E-state index contributed by atoms with van der Waals surface area (Å²) in [5.41, 5.74) is -1.21. The van der Waals surface area contributed by atoms with Crippen LogP contribution in [-0.4, -0.2) is 42.6 Å². The monoisotopic (exact) mass is 282 g/mol. The molecule has 1 amide bonds. The van der Waals surface area contributed by atoms with Gasteiger partial charge in [0.25, 0.3) is 0 Å². The molecule has 5 nitrogen and oxygen atoms in total. The second kappa shape index (κ2) is 6.41. The molecule has 0 fully saturated rings. The normalized spacial score (nSPS) is 16.2. The van der Waals surface area contributed by atoms with Crippen LogP contribution >= 0.6 is 0 Å². The number of amides is 1. The summed E-state index contributed by atoms with van der Waals surface area (Å²) in [4.78, 5) is 14.1. The molecule has 2 unspecified atom stereocenters. The van der Waals surface area contributed by atoms with E-state index in [0.717, 1.165) is 5.76 Å². The fourth-order valence-corrected chi connectivity index (χ4v) is 2.31. The SMILES string of the molecule is Cc1ccc(C(C)(O)CNC(=O)C(C(C)C)N(C)C)o1. The quantitative estimate of drug-likeness (QED) is 0.830. The third kappa shape index (κ3) is 4.08. The van der Waals surface area contributed by atoms with E-state index >= 15 is 0 Å². The molecule has 2 N–H and O–H groups in total. The summed E-state index contributed by atoms with van der Waals surface area (Å²) in [6.45, 7) is 7.57. The maximum Gasteiger partial charge on any atom is 0.237 e. The number of carbonyl (C=O) groups excluding carboxylic acids is 1. The first-order valence-corrected chi connectivity index (χ1v) is 6.88. The topological polar surface area (TPSA) is 65.7 Å². The lowest BCUT2D eigenvalue weighted by Crippen LogP contribution is -2.49. The number of hydrogen-bond acceptors (Lipinski definition) is 4. The zero-order valence-corrected chi connectivity index (χ0v) is 13.2. The molecule has 0 saturated carbocycles. The Labute approximate surface area is 121 Å². The van der Waals surface area contributed by atoms with E-state index in [2.05, 4.69) is 5.32 Å². The van der Waals surface area contributed by atoms with E-state index in [4.69, 9.17) is 4.42 Å². The van der Waals surface area contributed by atoms with Crippen molar-refractivity contribution in [3.63, 3.8) is 0 Å². The number of nitrogens with one attached hydrogen (secondary N) is 1. The van der Waals surface area contributed by atoms with Crippen molar-refractivity contribution in [1.29, 1.82) is 0 Å². The Balaban J connectivity index is 2.68. The average molecular weight is 282 g/mol. The number of furan rings is 1. The summed E-state index contributed by atoms with van der Waals surface area (Å²) in [6, 6.07) is 3.31. The van der Waals surface area contributed by atoms with Crippen LogP contribution in [0.5, 0.6) is 0 Å². The van der Waals surface area contributed by atoms with Gasteiger partial charge in [-0.05, 0) is 46.0 Å². The van der Waals surface area contributed by atoms with Crippen LogP contribution in [0.1, 0.15) is 32.3 Å². The number of aliphatic hydroxyl groups is 1. The number of hydrogen-bond donors (Lipinski definition) is 2. The Hall–Kier alpha value is -1.33. The predicted octanol–water partition coefficient (Wildman–Crippen LogP) is 1.50. The fraction of sp³-hybridized carbons (Fsp3) is 0.667. The Bertz CT molecular complexity index is 442. The third-order valence-corrected chi connectivity index (χ3v) is 3.33. The first-order valence-electron chi connectivity index (χ1n) is 6.88. The van der Waals surface area contributed by atoms with Crippen LogP contribution in [0, 0.1) is 12.8 Å². The molecule has 0 aliphatic carbocycles. The molecular formula is C15H26N2O3. The van der Waals surface area contributed by atoms with Gasteiger partial charge in [-0.2, -0.15) is 0 Å². The molecule has 0 aliphatic heterocycles. The molecule has 0 aliphatic rings. The van der Waals surface area contributed by atoms with Crippen LogP contribution in [0.25, 0.3) is 0 Å². The molecule has 0 spiro atoms. The molecule has 1 rings (SSSR count). The van der Waals surface area contributed by atoms with Gasteiger partial charge < -0.3 is 14.8 Å².